The zero-order chi connectivity index (χ0) is 13.6. The number of hydrogen-bond acceptors (Lipinski definition) is 2. The van der Waals surface area contributed by atoms with Crippen molar-refractivity contribution < 1.29 is 14.7 Å². The average Bonchev–Trinajstić information content (AvgIpc) is 2.86. The Kier molecular flexibility index (Phi) is 3.03. The summed E-state index contributed by atoms with van der Waals surface area (Å²) < 4.78 is 0. The van der Waals surface area contributed by atoms with Gasteiger partial charge in [0.2, 0.25) is 0 Å². The lowest BCUT2D eigenvalue weighted by Gasteiger charge is -2.36. The molecule has 2 fully saturated rings. The number of aliphatic carboxylic acids is 1. The van der Waals surface area contributed by atoms with Crippen molar-refractivity contribution in [1.29, 1.82) is 0 Å². The normalized spacial score (nSPS) is 28.6. The maximum atomic E-state index is 12.0. The first-order valence-electron chi connectivity index (χ1n) is 6.53. The van der Waals surface area contributed by atoms with Gasteiger partial charge in [0.25, 0.3) is 0 Å². The number of amides is 2. The van der Waals surface area contributed by atoms with Crippen LogP contribution in [0.4, 0.5) is 4.79 Å². The van der Waals surface area contributed by atoms with Crippen molar-refractivity contribution in [2.75, 3.05) is 13.1 Å². The fourth-order valence-electron chi connectivity index (χ4n) is 2.37. The van der Waals surface area contributed by atoms with Gasteiger partial charge in [0.15, 0.2) is 0 Å². The van der Waals surface area contributed by atoms with Crippen molar-refractivity contribution in [1.82, 2.24) is 10.2 Å². The number of carbonyl (C=O) groups is 2. The van der Waals surface area contributed by atoms with E-state index in [9.17, 15) is 9.59 Å². The summed E-state index contributed by atoms with van der Waals surface area (Å²) in [5.74, 6) is -0.758. The molecule has 1 unspecified atom stereocenters. The van der Waals surface area contributed by atoms with E-state index in [2.05, 4.69) is 19.2 Å². The number of likely N-dealkylation sites (tertiary alicyclic amines) is 1. The summed E-state index contributed by atoms with van der Waals surface area (Å²) in [6.45, 7) is 7.09. The van der Waals surface area contributed by atoms with Gasteiger partial charge >= 0.3 is 12.0 Å². The van der Waals surface area contributed by atoms with Crippen molar-refractivity contribution in [3.05, 3.63) is 0 Å². The number of nitrogens with zero attached hydrogens (tertiary/aromatic N) is 1. The number of rotatable bonds is 2. The molecule has 0 aromatic rings. The molecule has 2 aliphatic rings. The zero-order valence-corrected chi connectivity index (χ0v) is 11.3. The number of piperidine rings is 1. The average molecular weight is 254 g/mol. The lowest BCUT2D eigenvalue weighted by atomic mass is 9.80. The van der Waals surface area contributed by atoms with Gasteiger partial charge in [-0.05, 0) is 31.6 Å². The van der Waals surface area contributed by atoms with Crippen LogP contribution in [-0.4, -0.2) is 41.1 Å². The summed E-state index contributed by atoms with van der Waals surface area (Å²) in [5, 5.41) is 12.1. The van der Waals surface area contributed by atoms with Gasteiger partial charge < -0.3 is 15.3 Å². The molecule has 0 aromatic carbocycles. The monoisotopic (exact) mass is 254 g/mol. The van der Waals surface area contributed by atoms with E-state index in [4.69, 9.17) is 5.11 Å². The van der Waals surface area contributed by atoms with Crippen molar-refractivity contribution in [3.63, 3.8) is 0 Å². The molecule has 0 bridgehead atoms. The van der Waals surface area contributed by atoms with E-state index in [1.165, 1.54) is 0 Å². The minimum Gasteiger partial charge on any atom is -0.481 e. The van der Waals surface area contributed by atoms with Crippen molar-refractivity contribution in [3.8, 4) is 0 Å². The molecule has 5 nitrogen and oxygen atoms in total. The van der Waals surface area contributed by atoms with Crippen LogP contribution in [0.2, 0.25) is 0 Å². The number of urea groups is 1. The van der Waals surface area contributed by atoms with Crippen LogP contribution in [0.3, 0.4) is 0 Å². The molecule has 2 N–H and O–H groups in total. The van der Waals surface area contributed by atoms with E-state index < -0.39 is 11.4 Å². The van der Waals surface area contributed by atoms with Gasteiger partial charge in [0, 0.05) is 19.1 Å². The van der Waals surface area contributed by atoms with E-state index in [-0.39, 0.29) is 17.5 Å². The summed E-state index contributed by atoms with van der Waals surface area (Å²) in [7, 11) is 0. The molecule has 1 saturated heterocycles. The topological polar surface area (TPSA) is 69.6 Å². The second-order valence-electron chi connectivity index (χ2n) is 6.55. The predicted molar refractivity (Wildman–Crippen MR) is 67.3 cm³/mol. The van der Waals surface area contributed by atoms with Crippen LogP contribution >= 0.6 is 0 Å². The molecule has 0 spiro atoms. The van der Waals surface area contributed by atoms with E-state index in [0.29, 0.717) is 25.9 Å². The maximum absolute atomic E-state index is 12.0. The molecule has 2 amide bonds. The molecule has 1 heterocycles. The highest BCUT2D eigenvalue weighted by molar-refractivity contribution is 5.77. The van der Waals surface area contributed by atoms with Crippen LogP contribution in [0.5, 0.6) is 0 Å². The fraction of sp³-hybridized carbons (Fsp3) is 0.846. The van der Waals surface area contributed by atoms with Crippen LogP contribution in [0, 0.1) is 10.8 Å². The van der Waals surface area contributed by atoms with Crippen LogP contribution in [-0.2, 0) is 4.79 Å². The molecule has 5 heteroatoms. The van der Waals surface area contributed by atoms with Crippen LogP contribution < -0.4 is 5.32 Å². The molecular weight excluding hydrogens is 232 g/mol. The van der Waals surface area contributed by atoms with E-state index in [1.54, 1.807) is 11.8 Å². The smallest absolute Gasteiger partial charge is 0.317 e. The number of hydrogen-bond donors (Lipinski definition) is 2. The minimum atomic E-state index is -0.758. The SMILES string of the molecule is CC1(C(=O)O)CCN(C(=O)NC2CC2(C)C)CC1. The summed E-state index contributed by atoms with van der Waals surface area (Å²) in [6.07, 6.45) is 2.09. The third-order valence-electron chi connectivity index (χ3n) is 4.48. The van der Waals surface area contributed by atoms with E-state index in [1.807, 2.05) is 0 Å². The Morgan fingerprint density at radius 3 is 2.11 bits per heavy atom. The van der Waals surface area contributed by atoms with Crippen molar-refractivity contribution in [2.24, 2.45) is 10.8 Å². The third-order valence-corrected chi connectivity index (χ3v) is 4.48. The highest BCUT2D eigenvalue weighted by atomic mass is 16.4. The summed E-state index contributed by atoms with van der Waals surface area (Å²) in [6, 6.07) is 0.232. The van der Waals surface area contributed by atoms with Crippen molar-refractivity contribution >= 4 is 12.0 Å². The molecule has 0 radical (unpaired) electrons. The Labute approximate surface area is 108 Å². The number of nitrogens with one attached hydrogen (secondary N) is 1. The van der Waals surface area contributed by atoms with Gasteiger partial charge in [-0.3, -0.25) is 4.79 Å². The molecule has 0 aromatic heterocycles. The highest BCUT2D eigenvalue weighted by Crippen LogP contribution is 2.44. The Morgan fingerprint density at radius 2 is 1.72 bits per heavy atom. The molecule has 1 aliphatic carbocycles. The minimum absolute atomic E-state index is 0.0435. The summed E-state index contributed by atoms with van der Waals surface area (Å²) in [5.41, 5.74) is -0.448. The van der Waals surface area contributed by atoms with Gasteiger partial charge in [-0.1, -0.05) is 13.8 Å². The maximum Gasteiger partial charge on any atom is 0.317 e. The molecule has 1 atom stereocenters. The first-order chi connectivity index (χ1) is 8.24. The highest BCUT2D eigenvalue weighted by Gasteiger charge is 2.47. The predicted octanol–water partition coefficient (Wildman–Crippen LogP) is 1.68. The molecule has 102 valence electrons. The van der Waals surface area contributed by atoms with E-state index >= 15 is 0 Å². The zero-order valence-electron chi connectivity index (χ0n) is 11.3. The second-order valence-corrected chi connectivity index (χ2v) is 6.55. The molecular formula is C13H22N2O3. The Balaban J connectivity index is 1.83. The van der Waals surface area contributed by atoms with Gasteiger partial charge in [-0.15, -0.1) is 0 Å². The lowest BCUT2D eigenvalue weighted by molar-refractivity contribution is -0.150. The number of carboxylic acid groups (broad SMARTS) is 1. The van der Waals surface area contributed by atoms with Gasteiger partial charge in [-0.2, -0.15) is 0 Å². The van der Waals surface area contributed by atoms with Gasteiger partial charge in [0.1, 0.15) is 0 Å². The Morgan fingerprint density at radius 1 is 1.22 bits per heavy atom. The van der Waals surface area contributed by atoms with Gasteiger partial charge in [0.05, 0.1) is 5.41 Å². The number of carboxylic acids is 1. The van der Waals surface area contributed by atoms with Crippen LogP contribution in [0.1, 0.15) is 40.0 Å². The largest absolute Gasteiger partial charge is 0.481 e. The molecule has 2 rings (SSSR count). The van der Waals surface area contributed by atoms with Crippen molar-refractivity contribution in [2.45, 2.75) is 46.1 Å². The number of carbonyl (C=O) groups excluding carboxylic acids is 1. The van der Waals surface area contributed by atoms with E-state index in [0.717, 1.165) is 6.42 Å². The van der Waals surface area contributed by atoms with Crippen LogP contribution in [0.25, 0.3) is 0 Å². The standard InChI is InChI=1S/C13H22N2O3/c1-12(2)8-9(12)14-11(18)15-6-4-13(3,5-7-15)10(16)17/h9H,4-8H2,1-3H3,(H,14,18)(H,16,17). The summed E-state index contributed by atoms with van der Waals surface area (Å²) in [4.78, 5) is 24.8. The summed E-state index contributed by atoms with van der Waals surface area (Å²) >= 11 is 0. The Bertz CT molecular complexity index is 370. The second kappa shape index (κ2) is 4.14. The van der Waals surface area contributed by atoms with Crippen LogP contribution in [0.15, 0.2) is 0 Å². The first-order valence-corrected chi connectivity index (χ1v) is 6.53. The quantitative estimate of drug-likeness (QED) is 0.787. The van der Waals surface area contributed by atoms with Gasteiger partial charge in [-0.25, -0.2) is 4.79 Å². The lowest BCUT2D eigenvalue weighted by Crippen LogP contribution is -2.49. The fourth-order valence-corrected chi connectivity index (χ4v) is 2.37. The third kappa shape index (κ3) is 2.44. The molecule has 18 heavy (non-hydrogen) atoms. The first kappa shape index (κ1) is 13.2. The Hall–Kier alpha value is -1.26. The molecule has 1 aliphatic heterocycles. The molecule has 1 saturated carbocycles.